The van der Waals surface area contributed by atoms with Crippen LogP contribution in [0.15, 0.2) is 65.5 Å². The number of methoxy groups -OCH3 is 1. The van der Waals surface area contributed by atoms with Crippen LogP contribution in [0.1, 0.15) is 48.7 Å². The molecule has 7 nitrogen and oxygen atoms in total. The van der Waals surface area contributed by atoms with E-state index in [4.69, 9.17) is 9.47 Å². The number of esters is 1. The molecule has 2 aromatic carbocycles. The lowest BCUT2D eigenvalue weighted by Crippen LogP contribution is -2.31. The molecular formula is C28H32N2O5. The molecule has 0 bridgehead atoms. The first-order valence-electron chi connectivity index (χ1n) is 11.5. The molecule has 0 fully saturated rings. The minimum absolute atomic E-state index is 0.0265. The van der Waals surface area contributed by atoms with Gasteiger partial charge >= 0.3 is 12.1 Å². The van der Waals surface area contributed by atoms with E-state index in [1.807, 2.05) is 42.5 Å². The van der Waals surface area contributed by atoms with E-state index in [0.29, 0.717) is 17.7 Å². The molecule has 0 spiro atoms. The van der Waals surface area contributed by atoms with Crippen LogP contribution in [0.3, 0.4) is 0 Å². The fraction of sp³-hybridized carbons (Fsp3) is 0.321. The Labute approximate surface area is 205 Å². The molecule has 184 valence electrons. The molecule has 7 heteroatoms. The zero-order chi connectivity index (χ0) is 25.6. The van der Waals surface area contributed by atoms with Crippen molar-refractivity contribution in [2.45, 2.75) is 52.7 Å². The van der Waals surface area contributed by atoms with Gasteiger partial charge in [0.05, 0.1) is 7.11 Å². The van der Waals surface area contributed by atoms with E-state index in [9.17, 15) is 14.4 Å². The Morgan fingerprint density at radius 3 is 2.23 bits per heavy atom. The number of nitrogens with one attached hydrogen (secondary N) is 1. The summed E-state index contributed by atoms with van der Waals surface area (Å²) in [6, 6.07) is 19.2. The quantitative estimate of drug-likeness (QED) is 0.487. The number of carbonyl (C=O) groups is 2. The molecule has 1 N–H and O–H groups in total. The van der Waals surface area contributed by atoms with Crippen molar-refractivity contribution < 1.29 is 19.1 Å². The number of pyridine rings is 1. The largest absolute Gasteiger partial charge is 0.468 e. The third kappa shape index (κ3) is 6.82. The van der Waals surface area contributed by atoms with Crippen LogP contribution >= 0.6 is 0 Å². The maximum absolute atomic E-state index is 13.3. The summed E-state index contributed by atoms with van der Waals surface area (Å²) in [5.74, 6) is -0.557. The Morgan fingerprint density at radius 2 is 1.63 bits per heavy atom. The number of ether oxygens (including phenoxy) is 2. The molecule has 0 aliphatic rings. The van der Waals surface area contributed by atoms with Crippen LogP contribution in [0, 0.1) is 6.92 Å². The van der Waals surface area contributed by atoms with Gasteiger partial charge in [0.2, 0.25) is 0 Å². The van der Waals surface area contributed by atoms with Gasteiger partial charge in [-0.15, -0.1) is 0 Å². The monoisotopic (exact) mass is 476 g/mol. The molecule has 0 aliphatic heterocycles. The minimum atomic E-state index is -0.747. The maximum Gasteiger partial charge on any atom is 0.412 e. The normalized spacial score (nSPS) is 11.1. The molecular weight excluding hydrogens is 444 g/mol. The molecule has 3 rings (SSSR count). The van der Waals surface area contributed by atoms with Crippen molar-refractivity contribution in [3.8, 4) is 0 Å². The number of aryl methyl sites for hydroxylation is 1. The lowest BCUT2D eigenvalue weighted by atomic mass is 9.86. The van der Waals surface area contributed by atoms with Crippen molar-refractivity contribution in [2.24, 2.45) is 0 Å². The molecule has 1 aromatic heterocycles. The van der Waals surface area contributed by atoms with Crippen LogP contribution in [-0.2, 0) is 39.3 Å². The fourth-order valence-electron chi connectivity index (χ4n) is 3.70. The van der Waals surface area contributed by atoms with Crippen molar-refractivity contribution >= 4 is 17.7 Å². The van der Waals surface area contributed by atoms with Crippen molar-refractivity contribution in [3.05, 3.63) is 99.0 Å². The number of anilines is 1. The second kappa shape index (κ2) is 11.0. The van der Waals surface area contributed by atoms with Crippen LogP contribution < -0.4 is 10.9 Å². The highest BCUT2D eigenvalue weighted by Crippen LogP contribution is 2.24. The average molecular weight is 477 g/mol. The van der Waals surface area contributed by atoms with Crippen molar-refractivity contribution in [3.63, 3.8) is 0 Å². The molecule has 1 heterocycles. The Morgan fingerprint density at radius 1 is 0.971 bits per heavy atom. The SMILES string of the molecule is COC(=O)Cn1c(C)cc(Cc2ccc(C(C)(C)C)cc2)c(NC(=O)OCc2ccccc2)c1=O. The molecule has 0 unspecified atom stereocenters. The van der Waals surface area contributed by atoms with Crippen molar-refractivity contribution in [1.29, 1.82) is 0 Å². The predicted octanol–water partition coefficient (Wildman–Crippen LogP) is 4.97. The molecule has 0 aliphatic carbocycles. The Bertz CT molecular complexity index is 1240. The third-order valence-electron chi connectivity index (χ3n) is 5.76. The van der Waals surface area contributed by atoms with Gasteiger partial charge in [-0.25, -0.2) is 4.79 Å². The van der Waals surface area contributed by atoms with E-state index in [0.717, 1.165) is 11.1 Å². The second-order valence-electron chi connectivity index (χ2n) is 9.46. The summed E-state index contributed by atoms with van der Waals surface area (Å²) in [7, 11) is 1.26. The minimum Gasteiger partial charge on any atom is -0.468 e. The molecule has 0 atom stereocenters. The Hall–Kier alpha value is -3.87. The first-order chi connectivity index (χ1) is 16.6. The van der Waals surface area contributed by atoms with E-state index in [1.165, 1.54) is 17.2 Å². The number of carbonyl (C=O) groups excluding carboxylic acids is 2. The summed E-state index contributed by atoms with van der Waals surface area (Å²) < 4.78 is 11.3. The van der Waals surface area contributed by atoms with Crippen LogP contribution in [-0.4, -0.2) is 23.7 Å². The number of rotatable bonds is 7. The fourth-order valence-corrected chi connectivity index (χ4v) is 3.70. The van der Waals surface area contributed by atoms with Gasteiger partial charge in [-0.05, 0) is 47.1 Å². The molecule has 0 saturated carbocycles. The first kappa shape index (κ1) is 25.7. The molecule has 3 aromatic rings. The van der Waals surface area contributed by atoms with Gasteiger partial charge in [0, 0.05) is 5.69 Å². The van der Waals surface area contributed by atoms with Gasteiger partial charge in [0.15, 0.2) is 0 Å². The van der Waals surface area contributed by atoms with E-state index in [-0.39, 0.29) is 24.3 Å². The summed E-state index contributed by atoms with van der Waals surface area (Å²) in [6.07, 6.45) is -0.322. The predicted molar refractivity (Wildman–Crippen MR) is 136 cm³/mol. The number of hydrogen-bond acceptors (Lipinski definition) is 5. The summed E-state index contributed by atoms with van der Waals surface area (Å²) in [5.41, 5.74) is 3.86. The highest BCUT2D eigenvalue weighted by atomic mass is 16.5. The van der Waals surface area contributed by atoms with Gasteiger partial charge in [-0.1, -0.05) is 75.4 Å². The summed E-state index contributed by atoms with van der Waals surface area (Å²) in [4.78, 5) is 37.8. The topological polar surface area (TPSA) is 86.6 Å². The summed E-state index contributed by atoms with van der Waals surface area (Å²) >= 11 is 0. The highest BCUT2D eigenvalue weighted by Gasteiger charge is 2.19. The standard InChI is InChI=1S/C28H32N2O5/c1-19-15-22(16-20-11-13-23(14-12-20)28(2,3)4)25(26(32)30(19)17-24(31)34-5)29-27(33)35-18-21-9-7-6-8-10-21/h6-15H,16-18H2,1-5H3,(H,29,33). The Kier molecular flexibility index (Phi) is 8.12. The van der Waals surface area contributed by atoms with Gasteiger partial charge in [0.1, 0.15) is 18.8 Å². The molecule has 1 amide bonds. The van der Waals surface area contributed by atoms with E-state index >= 15 is 0 Å². The number of amides is 1. The number of aromatic nitrogens is 1. The molecule has 0 radical (unpaired) electrons. The zero-order valence-corrected chi connectivity index (χ0v) is 20.9. The van der Waals surface area contributed by atoms with Gasteiger partial charge < -0.3 is 9.47 Å². The lowest BCUT2D eigenvalue weighted by molar-refractivity contribution is -0.141. The Balaban J connectivity index is 1.91. The van der Waals surface area contributed by atoms with E-state index < -0.39 is 17.6 Å². The second-order valence-corrected chi connectivity index (χ2v) is 9.46. The molecule has 35 heavy (non-hydrogen) atoms. The van der Waals surface area contributed by atoms with Gasteiger partial charge in [-0.3, -0.25) is 19.5 Å². The van der Waals surface area contributed by atoms with E-state index in [1.54, 1.807) is 13.0 Å². The number of nitrogens with zero attached hydrogens (tertiary/aromatic N) is 1. The van der Waals surface area contributed by atoms with Crippen LogP contribution in [0.2, 0.25) is 0 Å². The van der Waals surface area contributed by atoms with Crippen molar-refractivity contribution in [2.75, 3.05) is 12.4 Å². The lowest BCUT2D eigenvalue weighted by Gasteiger charge is -2.20. The number of hydrogen-bond donors (Lipinski definition) is 1. The van der Waals surface area contributed by atoms with Gasteiger partial charge in [0.25, 0.3) is 5.56 Å². The van der Waals surface area contributed by atoms with Crippen molar-refractivity contribution in [1.82, 2.24) is 4.57 Å². The summed E-state index contributed by atoms with van der Waals surface area (Å²) in [5, 5.41) is 2.62. The third-order valence-corrected chi connectivity index (χ3v) is 5.76. The van der Waals surface area contributed by atoms with E-state index in [2.05, 4.69) is 38.2 Å². The summed E-state index contributed by atoms with van der Waals surface area (Å²) in [6.45, 7) is 8.00. The smallest absolute Gasteiger partial charge is 0.412 e. The van der Waals surface area contributed by atoms with Crippen LogP contribution in [0.5, 0.6) is 0 Å². The highest BCUT2D eigenvalue weighted by molar-refractivity contribution is 5.85. The maximum atomic E-state index is 13.3. The average Bonchev–Trinajstić information content (AvgIpc) is 2.83. The van der Waals surface area contributed by atoms with Crippen LogP contribution in [0.4, 0.5) is 10.5 Å². The first-order valence-corrected chi connectivity index (χ1v) is 11.5. The molecule has 0 saturated heterocycles. The van der Waals surface area contributed by atoms with Crippen LogP contribution in [0.25, 0.3) is 0 Å². The van der Waals surface area contributed by atoms with Gasteiger partial charge in [-0.2, -0.15) is 0 Å². The number of benzene rings is 2. The zero-order valence-electron chi connectivity index (χ0n) is 20.9.